The van der Waals surface area contributed by atoms with Crippen LogP contribution in [0.2, 0.25) is 0 Å². The molecule has 194 valence electrons. The summed E-state index contributed by atoms with van der Waals surface area (Å²) in [5.41, 5.74) is 10.8. The molecule has 41 heavy (non-hydrogen) atoms. The van der Waals surface area contributed by atoms with Gasteiger partial charge < -0.3 is 4.90 Å². The molecule has 0 saturated carbocycles. The van der Waals surface area contributed by atoms with E-state index in [1.165, 1.54) is 53.9 Å². The molecule has 0 unspecified atom stereocenters. The van der Waals surface area contributed by atoms with Crippen LogP contribution in [-0.2, 0) is 0 Å². The highest BCUT2D eigenvalue weighted by atomic mass is 32.1. The normalized spacial score (nSPS) is 11.4. The number of thiazole rings is 1. The summed E-state index contributed by atoms with van der Waals surface area (Å²) < 4.78 is 3.71. The Balaban J connectivity index is 1.36. The lowest BCUT2D eigenvalue weighted by atomic mass is 10.0. The van der Waals surface area contributed by atoms with Gasteiger partial charge in [0.15, 0.2) is 0 Å². The Morgan fingerprint density at radius 2 is 0.878 bits per heavy atom. The first-order valence-electron chi connectivity index (χ1n) is 13.9. The highest BCUT2D eigenvalue weighted by Crippen LogP contribution is 2.47. The molecule has 0 spiro atoms. The van der Waals surface area contributed by atoms with E-state index in [4.69, 9.17) is 0 Å². The first-order valence-corrected chi connectivity index (χ1v) is 14.7. The summed E-state index contributed by atoms with van der Waals surface area (Å²) in [6.07, 6.45) is 0. The second-order valence-electron chi connectivity index (χ2n) is 10.2. The average Bonchev–Trinajstić information content (AvgIpc) is 3.58. The zero-order valence-electron chi connectivity index (χ0n) is 22.3. The number of aromatic nitrogens is 1. The van der Waals surface area contributed by atoms with Crippen LogP contribution in [0.4, 0.5) is 17.1 Å². The van der Waals surface area contributed by atoms with E-state index in [1.807, 2.05) is 11.3 Å². The molecule has 0 radical (unpaired) electrons. The van der Waals surface area contributed by atoms with Crippen molar-refractivity contribution in [2.45, 2.75) is 0 Å². The van der Waals surface area contributed by atoms with Crippen LogP contribution in [0.15, 0.2) is 158 Å². The number of para-hydroxylation sites is 2. The smallest absolute Gasteiger partial charge is 0.126 e. The zero-order chi connectivity index (χ0) is 27.2. The molecule has 8 rings (SSSR count). The van der Waals surface area contributed by atoms with Gasteiger partial charge in [0.05, 0.1) is 21.4 Å². The Morgan fingerprint density at radius 1 is 0.415 bits per heavy atom. The molecular formula is C38H26N2S. The largest absolute Gasteiger partial charge is 0.307 e. The Morgan fingerprint density at radius 3 is 1.46 bits per heavy atom. The fourth-order valence-electron chi connectivity index (χ4n) is 5.86. The van der Waals surface area contributed by atoms with Crippen LogP contribution in [0.5, 0.6) is 0 Å². The van der Waals surface area contributed by atoms with Gasteiger partial charge in [-0.15, -0.1) is 11.3 Å². The Labute approximate surface area is 243 Å². The molecule has 3 heteroatoms. The molecular weight excluding hydrogens is 516 g/mol. The van der Waals surface area contributed by atoms with Gasteiger partial charge in [-0.05, 0) is 64.7 Å². The molecule has 0 aliphatic carbocycles. The lowest BCUT2D eigenvalue weighted by Crippen LogP contribution is -2.09. The van der Waals surface area contributed by atoms with E-state index in [0.29, 0.717) is 0 Å². The number of benzene rings is 6. The minimum Gasteiger partial charge on any atom is -0.307 e. The third kappa shape index (κ3) is 4.02. The van der Waals surface area contributed by atoms with Crippen LogP contribution in [0, 0.1) is 0 Å². The summed E-state index contributed by atoms with van der Waals surface area (Å²) in [6.45, 7) is 0. The maximum absolute atomic E-state index is 2.43. The first-order chi connectivity index (χ1) is 20.3. The van der Waals surface area contributed by atoms with E-state index in [0.717, 1.165) is 11.4 Å². The van der Waals surface area contributed by atoms with Gasteiger partial charge in [-0.2, -0.15) is 0 Å². The number of rotatable bonds is 5. The summed E-state index contributed by atoms with van der Waals surface area (Å²) in [5.74, 6) is 0. The van der Waals surface area contributed by atoms with Crippen LogP contribution in [0.1, 0.15) is 0 Å². The zero-order valence-corrected chi connectivity index (χ0v) is 23.1. The third-order valence-electron chi connectivity index (χ3n) is 7.81. The first kappa shape index (κ1) is 23.7. The maximum atomic E-state index is 2.43. The molecule has 0 fully saturated rings. The minimum atomic E-state index is 1.13. The van der Waals surface area contributed by atoms with Crippen molar-refractivity contribution in [3.63, 3.8) is 0 Å². The van der Waals surface area contributed by atoms with E-state index >= 15 is 0 Å². The Hall–Kier alpha value is -5.12. The second-order valence-corrected chi connectivity index (χ2v) is 11.3. The van der Waals surface area contributed by atoms with E-state index in [2.05, 4.69) is 167 Å². The van der Waals surface area contributed by atoms with Gasteiger partial charge in [-0.3, -0.25) is 4.40 Å². The Kier molecular flexibility index (Phi) is 5.68. The fraction of sp³-hybridized carbons (Fsp3) is 0. The number of nitrogens with zero attached hydrogens (tertiary/aromatic N) is 2. The van der Waals surface area contributed by atoms with Gasteiger partial charge in [0, 0.05) is 16.8 Å². The monoisotopic (exact) mass is 542 g/mol. The maximum Gasteiger partial charge on any atom is 0.126 e. The number of fused-ring (bicyclic) bond motifs is 5. The third-order valence-corrected chi connectivity index (χ3v) is 8.94. The van der Waals surface area contributed by atoms with Gasteiger partial charge >= 0.3 is 0 Å². The summed E-state index contributed by atoms with van der Waals surface area (Å²) in [5, 5.41) is 1.24. The number of hydrogen-bond acceptors (Lipinski definition) is 2. The van der Waals surface area contributed by atoms with E-state index in [-0.39, 0.29) is 0 Å². The molecule has 8 aromatic rings. The highest BCUT2D eigenvalue weighted by Gasteiger charge is 2.23. The molecule has 0 aliphatic heterocycles. The molecule has 0 bridgehead atoms. The van der Waals surface area contributed by atoms with Crippen molar-refractivity contribution in [1.82, 2.24) is 4.40 Å². The van der Waals surface area contributed by atoms with Crippen molar-refractivity contribution in [1.29, 1.82) is 0 Å². The molecule has 0 aliphatic rings. The quantitative estimate of drug-likeness (QED) is 0.210. The van der Waals surface area contributed by atoms with Crippen LogP contribution >= 0.6 is 11.3 Å². The van der Waals surface area contributed by atoms with Crippen LogP contribution < -0.4 is 4.90 Å². The van der Waals surface area contributed by atoms with Crippen molar-refractivity contribution >= 4 is 54.3 Å². The van der Waals surface area contributed by atoms with Crippen molar-refractivity contribution in [3.8, 4) is 22.3 Å². The summed E-state index contributed by atoms with van der Waals surface area (Å²) in [4.78, 5) is 3.67. The van der Waals surface area contributed by atoms with Crippen molar-refractivity contribution in [2.24, 2.45) is 0 Å². The van der Waals surface area contributed by atoms with Gasteiger partial charge in [0.25, 0.3) is 0 Å². The molecule has 0 N–H and O–H groups in total. The molecule has 0 amide bonds. The number of hydrogen-bond donors (Lipinski definition) is 0. The van der Waals surface area contributed by atoms with Gasteiger partial charge in [-0.1, -0.05) is 115 Å². The van der Waals surface area contributed by atoms with E-state index < -0.39 is 0 Å². The van der Waals surface area contributed by atoms with Gasteiger partial charge in [0.1, 0.15) is 4.83 Å². The minimum absolute atomic E-state index is 1.13. The fourth-order valence-corrected chi connectivity index (χ4v) is 7.06. The molecule has 2 aromatic heterocycles. The predicted octanol–water partition coefficient (Wildman–Crippen LogP) is 11.1. The van der Waals surface area contributed by atoms with Crippen molar-refractivity contribution in [2.75, 3.05) is 4.90 Å². The summed E-state index contributed by atoms with van der Waals surface area (Å²) in [7, 11) is 0. The lowest BCUT2D eigenvalue weighted by Gasteiger charge is -2.25. The standard InChI is InChI=1S/C38H26N2S/c1-3-11-27(12-4-1)29-19-23-31(24-20-29)39(32-25-21-30(22-26-32)28-13-5-2-6-14-28)37-33-15-7-8-16-34(33)40-35-17-9-10-18-36(35)41-38(37)40/h1-26H. The molecule has 6 aromatic carbocycles. The lowest BCUT2D eigenvalue weighted by molar-refractivity contribution is 1.30. The van der Waals surface area contributed by atoms with Crippen LogP contribution in [-0.4, -0.2) is 4.40 Å². The average molecular weight is 543 g/mol. The Bertz CT molecular complexity index is 2040. The second kappa shape index (κ2) is 9.81. The topological polar surface area (TPSA) is 7.65 Å². The SMILES string of the molecule is c1ccc(-c2ccc(N(c3ccc(-c4ccccc4)cc3)c3c4ccccc4n4c3sc3ccccc34)cc2)cc1. The van der Waals surface area contributed by atoms with Gasteiger partial charge in [-0.25, -0.2) is 0 Å². The predicted molar refractivity (Wildman–Crippen MR) is 176 cm³/mol. The number of anilines is 3. The summed E-state index contributed by atoms with van der Waals surface area (Å²) >= 11 is 1.85. The summed E-state index contributed by atoms with van der Waals surface area (Å²) in [6, 6.07) is 56.6. The molecule has 2 nitrogen and oxygen atoms in total. The highest BCUT2D eigenvalue weighted by molar-refractivity contribution is 7.24. The van der Waals surface area contributed by atoms with Gasteiger partial charge in [0.2, 0.25) is 0 Å². The molecule has 0 saturated heterocycles. The van der Waals surface area contributed by atoms with E-state index in [9.17, 15) is 0 Å². The molecule has 0 atom stereocenters. The molecule has 2 heterocycles. The van der Waals surface area contributed by atoms with Crippen LogP contribution in [0.3, 0.4) is 0 Å². The van der Waals surface area contributed by atoms with Crippen molar-refractivity contribution < 1.29 is 0 Å². The van der Waals surface area contributed by atoms with E-state index in [1.54, 1.807) is 0 Å². The van der Waals surface area contributed by atoms with Crippen LogP contribution in [0.25, 0.3) is 48.2 Å². The van der Waals surface area contributed by atoms with Crippen molar-refractivity contribution in [3.05, 3.63) is 158 Å².